The average molecular weight is 208 g/mol. The highest BCUT2D eigenvalue weighted by Crippen LogP contribution is 2.21. The number of hydrogen-bond acceptors (Lipinski definition) is 3. The van der Waals surface area contributed by atoms with Crippen LogP contribution in [0.1, 0.15) is 39.0 Å². The Kier molecular flexibility index (Phi) is 6.08. The summed E-state index contributed by atoms with van der Waals surface area (Å²) in [6, 6.07) is -0.425. The van der Waals surface area contributed by atoms with Gasteiger partial charge in [-0.25, -0.2) is 0 Å². The fourth-order valence-electron chi connectivity index (χ4n) is 1.42. The van der Waals surface area contributed by atoms with Crippen LogP contribution in [0.25, 0.3) is 0 Å². The third-order valence-electron chi connectivity index (χ3n) is 2.33. The number of esters is 1. The minimum absolute atomic E-state index is 0. The van der Waals surface area contributed by atoms with Crippen molar-refractivity contribution >= 4 is 18.4 Å². The predicted molar refractivity (Wildman–Crippen MR) is 53.9 cm³/mol. The molecule has 0 bridgehead atoms. The quantitative estimate of drug-likeness (QED) is 0.716. The van der Waals surface area contributed by atoms with Crippen LogP contribution in [-0.4, -0.2) is 18.1 Å². The van der Waals surface area contributed by atoms with E-state index in [0.717, 1.165) is 12.8 Å². The molecule has 1 aliphatic rings. The van der Waals surface area contributed by atoms with Crippen molar-refractivity contribution in [1.29, 1.82) is 0 Å². The van der Waals surface area contributed by atoms with E-state index in [1.54, 1.807) is 0 Å². The van der Waals surface area contributed by atoms with Gasteiger partial charge in [-0.05, 0) is 32.1 Å². The van der Waals surface area contributed by atoms with Crippen LogP contribution in [0.3, 0.4) is 0 Å². The normalized spacial score (nSPS) is 19.2. The van der Waals surface area contributed by atoms with Gasteiger partial charge in [0.1, 0.15) is 12.1 Å². The largest absolute Gasteiger partial charge is 0.461 e. The van der Waals surface area contributed by atoms with Crippen molar-refractivity contribution in [1.82, 2.24) is 0 Å². The predicted octanol–water partition coefficient (Wildman–Crippen LogP) is 1.63. The molecule has 78 valence electrons. The first-order chi connectivity index (χ1) is 5.74. The summed E-state index contributed by atoms with van der Waals surface area (Å²) in [5, 5.41) is 0. The third-order valence-corrected chi connectivity index (χ3v) is 2.33. The molecule has 1 atom stereocenters. The maximum Gasteiger partial charge on any atom is 0.323 e. The van der Waals surface area contributed by atoms with E-state index in [0.29, 0.717) is 6.42 Å². The summed E-state index contributed by atoms with van der Waals surface area (Å²) in [6.07, 6.45) is 5.20. The van der Waals surface area contributed by atoms with Crippen LogP contribution >= 0.6 is 12.4 Å². The van der Waals surface area contributed by atoms with Crippen LogP contribution < -0.4 is 5.73 Å². The molecule has 1 fully saturated rings. The number of halogens is 1. The molecule has 0 radical (unpaired) electrons. The van der Waals surface area contributed by atoms with Gasteiger partial charge in [0, 0.05) is 0 Å². The SMILES string of the molecule is CC[C@H](N)C(=O)OC1CCCC1.Cl. The number of carbonyl (C=O) groups excluding carboxylic acids is 1. The van der Waals surface area contributed by atoms with E-state index < -0.39 is 6.04 Å². The Morgan fingerprint density at radius 3 is 2.54 bits per heavy atom. The molecule has 3 nitrogen and oxygen atoms in total. The van der Waals surface area contributed by atoms with Gasteiger partial charge in [0.25, 0.3) is 0 Å². The van der Waals surface area contributed by atoms with E-state index >= 15 is 0 Å². The highest BCUT2D eigenvalue weighted by Gasteiger charge is 2.21. The van der Waals surface area contributed by atoms with Crippen molar-refractivity contribution in [2.75, 3.05) is 0 Å². The summed E-state index contributed by atoms with van der Waals surface area (Å²) < 4.78 is 5.20. The van der Waals surface area contributed by atoms with Gasteiger partial charge < -0.3 is 10.5 Å². The summed E-state index contributed by atoms with van der Waals surface area (Å²) in [6.45, 7) is 1.89. The molecule has 13 heavy (non-hydrogen) atoms. The Labute approximate surface area is 85.4 Å². The lowest BCUT2D eigenvalue weighted by molar-refractivity contribution is -0.150. The zero-order chi connectivity index (χ0) is 8.97. The summed E-state index contributed by atoms with van der Waals surface area (Å²) in [7, 11) is 0. The molecular formula is C9H18ClNO2. The van der Waals surface area contributed by atoms with Crippen molar-refractivity contribution in [3.05, 3.63) is 0 Å². The zero-order valence-corrected chi connectivity index (χ0v) is 8.81. The number of nitrogens with two attached hydrogens (primary N) is 1. The van der Waals surface area contributed by atoms with Gasteiger partial charge in [-0.3, -0.25) is 4.79 Å². The molecule has 0 aliphatic heterocycles. The van der Waals surface area contributed by atoms with Crippen LogP contribution in [0.5, 0.6) is 0 Å². The molecule has 0 spiro atoms. The van der Waals surface area contributed by atoms with Gasteiger partial charge in [-0.2, -0.15) is 0 Å². The monoisotopic (exact) mass is 207 g/mol. The Morgan fingerprint density at radius 2 is 2.08 bits per heavy atom. The van der Waals surface area contributed by atoms with E-state index in [1.807, 2.05) is 6.92 Å². The van der Waals surface area contributed by atoms with E-state index in [2.05, 4.69) is 0 Å². The molecule has 0 unspecified atom stereocenters. The van der Waals surface area contributed by atoms with Crippen molar-refractivity contribution in [2.24, 2.45) is 5.73 Å². The van der Waals surface area contributed by atoms with Gasteiger partial charge >= 0.3 is 5.97 Å². The third kappa shape index (κ3) is 3.96. The number of hydrogen-bond donors (Lipinski definition) is 1. The second-order valence-electron chi connectivity index (χ2n) is 3.36. The summed E-state index contributed by atoms with van der Waals surface area (Å²) in [5.74, 6) is -0.232. The van der Waals surface area contributed by atoms with E-state index in [4.69, 9.17) is 10.5 Å². The van der Waals surface area contributed by atoms with Crippen molar-refractivity contribution in [2.45, 2.75) is 51.2 Å². The first kappa shape index (κ1) is 12.7. The first-order valence-corrected chi connectivity index (χ1v) is 4.70. The Bertz CT molecular complexity index is 158. The minimum Gasteiger partial charge on any atom is -0.461 e. The molecular weight excluding hydrogens is 190 g/mol. The lowest BCUT2D eigenvalue weighted by Crippen LogP contribution is -2.33. The van der Waals surface area contributed by atoms with Gasteiger partial charge in [0.05, 0.1) is 0 Å². The topological polar surface area (TPSA) is 52.3 Å². The molecule has 0 heterocycles. The maximum atomic E-state index is 11.2. The van der Waals surface area contributed by atoms with Crippen molar-refractivity contribution < 1.29 is 9.53 Å². The standard InChI is InChI=1S/C9H17NO2.ClH/c1-2-8(10)9(11)12-7-5-3-4-6-7;/h7-8H,2-6,10H2,1H3;1H/t8-;/m0./s1. The van der Waals surface area contributed by atoms with Crippen LogP contribution in [0.4, 0.5) is 0 Å². The second kappa shape index (κ2) is 6.22. The fourth-order valence-corrected chi connectivity index (χ4v) is 1.42. The lowest BCUT2D eigenvalue weighted by Gasteiger charge is -2.14. The first-order valence-electron chi connectivity index (χ1n) is 4.70. The van der Waals surface area contributed by atoms with Gasteiger partial charge in [-0.15, -0.1) is 12.4 Å². The molecule has 4 heteroatoms. The van der Waals surface area contributed by atoms with Gasteiger partial charge in [0.15, 0.2) is 0 Å². The number of carbonyl (C=O) groups is 1. The highest BCUT2D eigenvalue weighted by molar-refractivity contribution is 5.85. The van der Waals surface area contributed by atoms with Crippen molar-refractivity contribution in [3.8, 4) is 0 Å². The van der Waals surface area contributed by atoms with E-state index in [-0.39, 0.29) is 24.5 Å². The Morgan fingerprint density at radius 1 is 1.54 bits per heavy atom. The molecule has 2 N–H and O–H groups in total. The fraction of sp³-hybridized carbons (Fsp3) is 0.889. The molecule has 1 aliphatic carbocycles. The molecule has 0 amide bonds. The van der Waals surface area contributed by atoms with Crippen LogP contribution in [0, 0.1) is 0 Å². The van der Waals surface area contributed by atoms with Crippen molar-refractivity contribution in [3.63, 3.8) is 0 Å². The summed E-state index contributed by atoms with van der Waals surface area (Å²) in [4.78, 5) is 11.2. The lowest BCUT2D eigenvalue weighted by atomic mass is 10.2. The minimum atomic E-state index is -0.425. The Hall–Kier alpha value is -0.280. The molecule has 1 saturated carbocycles. The molecule has 0 saturated heterocycles. The number of rotatable bonds is 3. The Balaban J connectivity index is 0.00000144. The van der Waals surface area contributed by atoms with Gasteiger partial charge in [-0.1, -0.05) is 6.92 Å². The molecule has 0 aromatic heterocycles. The van der Waals surface area contributed by atoms with Crippen LogP contribution in [0.2, 0.25) is 0 Å². The average Bonchev–Trinajstić information content (AvgIpc) is 2.55. The summed E-state index contributed by atoms with van der Waals surface area (Å²) in [5.41, 5.74) is 5.52. The van der Waals surface area contributed by atoms with Crippen LogP contribution in [-0.2, 0) is 9.53 Å². The summed E-state index contributed by atoms with van der Waals surface area (Å²) >= 11 is 0. The smallest absolute Gasteiger partial charge is 0.323 e. The van der Waals surface area contributed by atoms with Gasteiger partial charge in [0.2, 0.25) is 0 Å². The second-order valence-corrected chi connectivity index (χ2v) is 3.36. The van der Waals surface area contributed by atoms with Crippen LogP contribution in [0.15, 0.2) is 0 Å². The molecule has 0 aromatic rings. The van der Waals surface area contributed by atoms with E-state index in [1.165, 1.54) is 12.8 Å². The number of ether oxygens (including phenoxy) is 1. The zero-order valence-electron chi connectivity index (χ0n) is 7.99. The van der Waals surface area contributed by atoms with E-state index in [9.17, 15) is 4.79 Å². The molecule has 0 aromatic carbocycles. The maximum absolute atomic E-state index is 11.2. The highest BCUT2D eigenvalue weighted by atomic mass is 35.5. The molecule has 1 rings (SSSR count).